The van der Waals surface area contributed by atoms with Crippen molar-refractivity contribution in [3.8, 4) is 0 Å². The summed E-state index contributed by atoms with van der Waals surface area (Å²) in [6, 6.07) is 9.22. The summed E-state index contributed by atoms with van der Waals surface area (Å²) in [5.41, 5.74) is 2.51. The molecule has 1 spiro atoms. The Balaban J connectivity index is 1.42. The molecule has 0 aromatic heterocycles. The van der Waals surface area contributed by atoms with Gasteiger partial charge < -0.3 is 14.5 Å². The molecular weight excluding hydrogens is 338 g/mol. The monoisotopic (exact) mass is 371 g/mol. The van der Waals surface area contributed by atoms with Gasteiger partial charge in [-0.05, 0) is 57.4 Å². The maximum absolute atomic E-state index is 13.1. The third-order valence-corrected chi connectivity index (χ3v) is 6.52. The van der Waals surface area contributed by atoms with Crippen LogP contribution in [-0.2, 0) is 16.1 Å². The highest BCUT2D eigenvalue weighted by Gasteiger charge is 2.48. The van der Waals surface area contributed by atoms with E-state index in [4.69, 9.17) is 4.74 Å². The second kappa shape index (κ2) is 7.80. The summed E-state index contributed by atoms with van der Waals surface area (Å²) in [7, 11) is 0. The summed E-state index contributed by atoms with van der Waals surface area (Å²) in [6.07, 6.45) is 3.21. The smallest absolute Gasteiger partial charge is 0.230 e. The second-order valence-electron chi connectivity index (χ2n) is 8.71. The molecule has 1 aromatic carbocycles. The van der Waals surface area contributed by atoms with E-state index in [-0.39, 0.29) is 5.41 Å². The highest BCUT2D eigenvalue weighted by Crippen LogP contribution is 2.41. The van der Waals surface area contributed by atoms with Gasteiger partial charge in [-0.1, -0.05) is 12.1 Å². The van der Waals surface area contributed by atoms with Crippen LogP contribution in [0.4, 0.5) is 5.69 Å². The van der Waals surface area contributed by atoms with Crippen molar-refractivity contribution in [1.82, 2.24) is 9.80 Å². The van der Waals surface area contributed by atoms with Crippen LogP contribution in [0.3, 0.4) is 0 Å². The molecule has 5 heteroatoms. The van der Waals surface area contributed by atoms with Crippen LogP contribution < -0.4 is 4.90 Å². The molecular formula is C22H33N3O2. The number of hydrogen-bond acceptors (Lipinski definition) is 4. The van der Waals surface area contributed by atoms with E-state index in [9.17, 15) is 4.79 Å². The van der Waals surface area contributed by atoms with E-state index in [1.54, 1.807) is 0 Å². The van der Waals surface area contributed by atoms with E-state index in [1.807, 2.05) is 0 Å². The number of ether oxygens (including phenoxy) is 1. The first-order valence-corrected chi connectivity index (χ1v) is 10.5. The largest absolute Gasteiger partial charge is 0.378 e. The van der Waals surface area contributed by atoms with Gasteiger partial charge in [-0.2, -0.15) is 0 Å². The molecule has 0 N–H and O–H groups in total. The minimum absolute atomic E-state index is 0.135. The van der Waals surface area contributed by atoms with E-state index in [0.717, 1.165) is 71.7 Å². The van der Waals surface area contributed by atoms with Crippen molar-refractivity contribution in [2.45, 2.75) is 45.7 Å². The second-order valence-corrected chi connectivity index (χ2v) is 8.71. The first-order chi connectivity index (χ1) is 13.1. The Labute approximate surface area is 163 Å². The molecule has 3 heterocycles. The molecule has 0 unspecified atom stereocenters. The third-order valence-electron chi connectivity index (χ3n) is 6.52. The Hall–Kier alpha value is -1.59. The lowest BCUT2D eigenvalue weighted by Crippen LogP contribution is -2.52. The zero-order chi connectivity index (χ0) is 18.9. The number of carbonyl (C=O) groups excluding carboxylic acids is 1. The van der Waals surface area contributed by atoms with Gasteiger partial charge in [0, 0.05) is 44.5 Å². The highest BCUT2D eigenvalue weighted by molar-refractivity contribution is 5.84. The van der Waals surface area contributed by atoms with Gasteiger partial charge in [0.1, 0.15) is 0 Å². The molecule has 4 rings (SSSR count). The Morgan fingerprint density at radius 1 is 1.11 bits per heavy atom. The van der Waals surface area contributed by atoms with Crippen LogP contribution in [0.2, 0.25) is 0 Å². The van der Waals surface area contributed by atoms with E-state index in [1.165, 1.54) is 11.3 Å². The minimum Gasteiger partial charge on any atom is -0.378 e. The molecule has 27 heavy (non-hydrogen) atoms. The molecule has 3 fully saturated rings. The number of rotatable bonds is 4. The van der Waals surface area contributed by atoms with Crippen LogP contribution in [0.25, 0.3) is 0 Å². The highest BCUT2D eigenvalue weighted by atomic mass is 16.5. The van der Waals surface area contributed by atoms with Crippen LogP contribution in [0.1, 0.15) is 38.7 Å². The number of amides is 1. The van der Waals surface area contributed by atoms with Gasteiger partial charge in [0.25, 0.3) is 0 Å². The summed E-state index contributed by atoms with van der Waals surface area (Å²) in [5.74, 6) is 0.397. The van der Waals surface area contributed by atoms with Crippen molar-refractivity contribution in [2.24, 2.45) is 5.41 Å². The van der Waals surface area contributed by atoms with Gasteiger partial charge in [-0.15, -0.1) is 0 Å². The van der Waals surface area contributed by atoms with Crippen LogP contribution in [0, 0.1) is 5.41 Å². The van der Waals surface area contributed by atoms with Gasteiger partial charge >= 0.3 is 0 Å². The number of piperidine rings is 1. The molecule has 0 radical (unpaired) electrons. The lowest BCUT2D eigenvalue weighted by molar-refractivity contribution is -0.147. The zero-order valence-corrected chi connectivity index (χ0v) is 16.8. The summed E-state index contributed by atoms with van der Waals surface area (Å²) >= 11 is 0. The van der Waals surface area contributed by atoms with Gasteiger partial charge in [0.2, 0.25) is 5.91 Å². The molecule has 0 aliphatic carbocycles. The lowest BCUT2D eigenvalue weighted by Gasteiger charge is -2.41. The average Bonchev–Trinajstić information content (AvgIpc) is 3.08. The molecule has 148 valence electrons. The number of nitrogens with zero attached hydrogens (tertiary/aromatic N) is 3. The number of benzene rings is 1. The maximum atomic E-state index is 13.1. The molecule has 1 amide bonds. The zero-order valence-electron chi connectivity index (χ0n) is 16.8. The summed E-state index contributed by atoms with van der Waals surface area (Å²) in [6.45, 7) is 11.7. The van der Waals surface area contributed by atoms with E-state index in [0.29, 0.717) is 11.9 Å². The van der Waals surface area contributed by atoms with Crippen LogP contribution in [-0.4, -0.2) is 67.7 Å². The van der Waals surface area contributed by atoms with E-state index >= 15 is 0 Å². The summed E-state index contributed by atoms with van der Waals surface area (Å²) in [4.78, 5) is 20.1. The van der Waals surface area contributed by atoms with Crippen molar-refractivity contribution in [3.63, 3.8) is 0 Å². The first-order valence-electron chi connectivity index (χ1n) is 10.5. The maximum Gasteiger partial charge on any atom is 0.230 e. The normalized spacial score (nSPS) is 27.1. The van der Waals surface area contributed by atoms with Gasteiger partial charge in [0.15, 0.2) is 0 Å². The number of carbonyl (C=O) groups is 1. The molecule has 3 saturated heterocycles. The molecule has 3 aliphatic rings. The number of likely N-dealkylation sites (tertiary alicyclic amines) is 2. The Bertz CT molecular complexity index is 671. The fourth-order valence-corrected chi connectivity index (χ4v) is 5.00. The Morgan fingerprint density at radius 2 is 1.93 bits per heavy atom. The molecule has 1 atom stereocenters. The van der Waals surface area contributed by atoms with Crippen LogP contribution in [0.5, 0.6) is 0 Å². The summed E-state index contributed by atoms with van der Waals surface area (Å²) in [5, 5.41) is 0. The molecule has 0 bridgehead atoms. The first kappa shape index (κ1) is 18.8. The molecule has 3 aliphatic heterocycles. The number of hydrogen-bond donors (Lipinski definition) is 0. The van der Waals surface area contributed by atoms with Crippen molar-refractivity contribution in [2.75, 3.05) is 50.8 Å². The minimum atomic E-state index is -0.135. The van der Waals surface area contributed by atoms with Gasteiger partial charge in [0.05, 0.1) is 18.6 Å². The van der Waals surface area contributed by atoms with Crippen molar-refractivity contribution < 1.29 is 9.53 Å². The van der Waals surface area contributed by atoms with Crippen LogP contribution in [0.15, 0.2) is 24.3 Å². The van der Waals surface area contributed by atoms with Gasteiger partial charge in [-0.25, -0.2) is 0 Å². The number of morpholine rings is 1. The number of anilines is 1. The standard InChI is InChI=1S/C22H33N3O2/c1-18(2)25-9-4-7-22(21(25)26)8-10-23(17-22)16-19-5-3-6-20(15-19)24-11-13-27-14-12-24/h3,5-6,15,18H,4,7-14,16-17H2,1-2H3/t22-/m0/s1. The van der Waals surface area contributed by atoms with Gasteiger partial charge in [-0.3, -0.25) is 9.69 Å². The summed E-state index contributed by atoms with van der Waals surface area (Å²) < 4.78 is 5.47. The predicted molar refractivity (Wildman–Crippen MR) is 108 cm³/mol. The van der Waals surface area contributed by atoms with Crippen molar-refractivity contribution >= 4 is 11.6 Å². The van der Waals surface area contributed by atoms with Crippen LogP contribution >= 0.6 is 0 Å². The topological polar surface area (TPSA) is 36.0 Å². The average molecular weight is 372 g/mol. The fraction of sp³-hybridized carbons (Fsp3) is 0.682. The van der Waals surface area contributed by atoms with Crippen molar-refractivity contribution in [3.05, 3.63) is 29.8 Å². The fourth-order valence-electron chi connectivity index (χ4n) is 5.00. The Kier molecular flexibility index (Phi) is 5.42. The quantitative estimate of drug-likeness (QED) is 0.815. The van der Waals surface area contributed by atoms with E-state index in [2.05, 4.69) is 52.8 Å². The Morgan fingerprint density at radius 3 is 2.70 bits per heavy atom. The third kappa shape index (κ3) is 3.85. The molecule has 1 aromatic rings. The molecule has 0 saturated carbocycles. The SMILES string of the molecule is CC(C)N1CCC[C@@]2(CCN(Cc3cccc(N4CCOCC4)c3)C2)C1=O. The lowest BCUT2D eigenvalue weighted by atomic mass is 9.78. The molecule has 5 nitrogen and oxygen atoms in total. The predicted octanol–water partition coefficient (Wildman–Crippen LogP) is 2.75. The van der Waals surface area contributed by atoms with E-state index < -0.39 is 0 Å². The van der Waals surface area contributed by atoms with Crippen molar-refractivity contribution in [1.29, 1.82) is 0 Å².